The van der Waals surface area contributed by atoms with Crippen LogP contribution in [0.5, 0.6) is 0 Å². The van der Waals surface area contributed by atoms with Crippen LogP contribution in [0, 0.1) is 11.2 Å². The SMILES string of the molecule is CC(C)(C)C.CC(N)C(=O)OC1CC[C@H](NC(=O)[C@H](NCc2ccc(Cl)cc2NC=O)C(C)c2cccc(Cl)c2F)C1. The first-order valence-corrected chi connectivity index (χ1v) is 14.8. The van der Waals surface area contributed by atoms with E-state index in [1.165, 1.54) is 6.07 Å². The number of ether oxygens (including phenoxy) is 1. The molecule has 0 radical (unpaired) electrons. The Hall–Kier alpha value is -2.72. The summed E-state index contributed by atoms with van der Waals surface area (Å²) >= 11 is 12.1. The number of amides is 2. The molecular formula is C31H43Cl2FN4O4. The van der Waals surface area contributed by atoms with Gasteiger partial charge in [0.2, 0.25) is 12.3 Å². The molecule has 42 heavy (non-hydrogen) atoms. The number of nitrogens with two attached hydrogens (primary N) is 1. The fourth-order valence-corrected chi connectivity index (χ4v) is 4.76. The lowest BCUT2D eigenvalue weighted by Crippen LogP contribution is -2.49. The number of hydrogen-bond donors (Lipinski definition) is 4. The maximum atomic E-state index is 14.9. The van der Waals surface area contributed by atoms with Gasteiger partial charge in [-0.05, 0) is 54.5 Å². The van der Waals surface area contributed by atoms with E-state index in [1.807, 2.05) is 0 Å². The lowest BCUT2D eigenvalue weighted by Gasteiger charge is -2.27. The van der Waals surface area contributed by atoms with Gasteiger partial charge < -0.3 is 26.4 Å². The Morgan fingerprint density at radius 3 is 2.43 bits per heavy atom. The molecule has 0 saturated heterocycles. The Balaban J connectivity index is 0.00000113. The number of benzene rings is 2. The molecule has 0 aromatic heterocycles. The van der Waals surface area contributed by atoms with E-state index in [1.54, 1.807) is 44.2 Å². The summed E-state index contributed by atoms with van der Waals surface area (Å²) in [4.78, 5) is 36.4. The van der Waals surface area contributed by atoms with Gasteiger partial charge in [0.25, 0.3) is 0 Å². The second-order valence-corrected chi connectivity index (χ2v) is 13.1. The molecule has 0 spiro atoms. The monoisotopic (exact) mass is 624 g/mol. The predicted molar refractivity (Wildman–Crippen MR) is 166 cm³/mol. The van der Waals surface area contributed by atoms with Crippen molar-refractivity contribution in [2.24, 2.45) is 11.1 Å². The number of halogens is 3. The zero-order chi connectivity index (χ0) is 31.6. The highest BCUT2D eigenvalue weighted by molar-refractivity contribution is 6.31. The minimum absolute atomic E-state index is 0.0340. The van der Waals surface area contributed by atoms with E-state index in [0.29, 0.717) is 47.4 Å². The molecule has 3 unspecified atom stereocenters. The molecule has 232 valence electrons. The summed E-state index contributed by atoms with van der Waals surface area (Å²) in [6, 6.07) is 7.89. The van der Waals surface area contributed by atoms with Gasteiger partial charge >= 0.3 is 5.97 Å². The van der Waals surface area contributed by atoms with Gasteiger partial charge in [0, 0.05) is 35.6 Å². The zero-order valence-electron chi connectivity index (χ0n) is 25.1. The molecule has 1 fully saturated rings. The summed E-state index contributed by atoms with van der Waals surface area (Å²) in [6.45, 7) is 12.2. The second kappa shape index (κ2) is 16.2. The number of esters is 1. The lowest BCUT2D eigenvalue weighted by molar-refractivity contribution is -0.149. The van der Waals surface area contributed by atoms with Gasteiger partial charge in [0.05, 0.1) is 11.1 Å². The van der Waals surface area contributed by atoms with Crippen molar-refractivity contribution in [2.45, 2.75) is 97.5 Å². The number of hydrogen-bond acceptors (Lipinski definition) is 6. The van der Waals surface area contributed by atoms with Gasteiger partial charge in [-0.15, -0.1) is 0 Å². The second-order valence-electron chi connectivity index (χ2n) is 12.2. The van der Waals surface area contributed by atoms with Crippen molar-refractivity contribution in [2.75, 3.05) is 5.32 Å². The molecule has 2 aromatic carbocycles. The smallest absolute Gasteiger partial charge is 0.322 e. The number of rotatable bonds is 11. The first-order valence-electron chi connectivity index (χ1n) is 14.0. The molecule has 5 atom stereocenters. The highest BCUT2D eigenvalue weighted by Crippen LogP contribution is 2.29. The molecule has 2 aromatic rings. The van der Waals surface area contributed by atoms with Crippen molar-refractivity contribution in [1.82, 2.24) is 10.6 Å². The van der Waals surface area contributed by atoms with Gasteiger partial charge in [-0.25, -0.2) is 4.39 Å². The third-order valence-electron chi connectivity index (χ3n) is 6.44. The fraction of sp³-hybridized carbons (Fsp3) is 0.516. The van der Waals surface area contributed by atoms with Gasteiger partial charge in [-0.1, -0.05) is 76.0 Å². The Kier molecular flexibility index (Phi) is 13.7. The third kappa shape index (κ3) is 11.5. The molecule has 8 nitrogen and oxygen atoms in total. The van der Waals surface area contributed by atoms with Crippen LogP contribution < -0.4 is 21.7 Å². The van der Waals surface area contributed by atoms with Gasteiger partial charge in [-0.2, -0.15) is 0 Å². The number of carbonyl (C=O) groups is 3. The van der Waals surface area contributed by atoms with E-state index in [-0.39, 0.29) is 35.2 Å². The van der Waals surface area contributed by atoms with Gasteiger partial charge in [0.1, 0.15) is 18.0 Å². The molecule has 0 heterocycles. The van der Waals surface area contributed by atoms with Crippen molar-refractivity contribution >= 4 is 47.2 Å². The summed E-state index contributed by atoms with van der Waals surface area (Å²) in [6.07, 6.45) is 1.90. The topological polar surface area (TPSA) is 123 Å². The summed E-state index contributed by atoms with van der Waals surface area (Å²) < 4.78 is 20.3. The van der Waals surface area contributed by atoms with Crippen molar-refractivity contribution in [3.63, 3.8) is 0 Å². The van der Waals surface area contributed by atoms with E-state index in [2.05, 4.69) is 43.6 Å². The van der Waals surface area contributed by atoms with Gasteiger partial charge in [0.15, 0.2) is 0 Å². The van der Waals surface area contributed by atoms with Crippen LogP contribution in [0.25, 0.3) is 0 Å². The van der Waals surface area contributed by atoms with E-state index in [9.17, 15) is 18.8 Å². The summed E-state index contributed by atoms with van der Waals surface area (Å²) in [5.74, 6) is -2.00. The number of nitrogens with one attached hydrogen (secondary N) is 3. The van der Waals surface area contributed by atoms with Crippen LogP contribution >= 0.6 is 23.2 Å². The van der Waals surface area contributed by atoms with Crippen molar-refractivity contribution in [1.29, 1.82) is 0 Å². The average Bonchev–Trinajstić information content (AvgIpc) is 3.32. The predicted octanol–water partition coefficient (Wildman–Crippen LogP) is 5.94. The summed E-state index contributed by atoms with van der Waals surface area (Å²) in [5, 5.41) is 9.23. The van der Waals surface area contributed by atoms with Crippen molar-refractivity contribution < 1.29 is 23.5 Å². The molecule has 11 heteroatoms. The van der Waals surface area contributed by atoms with Gasteiger partial charge in [-0.3, -0.25) is 14.4 Å². The van der Waals surface area contributed by atoms with Crippen LogP contribution in [0.3, 0.4) is 0 Å². The zero-order valence-corrected chi connectivity index (χ0v) is 26.6. The first-order chi connectivity index (χ1) is 19.6. The normalized spacial score (nSPS) is 18.6. The Morgan fingerprint density at radius 1 is 1.14 bits per heavy atom. The average molecular weight is 626 g/mol. The minimum atomic E-state index is -0.849. The Bertz CT molecular complexity index is 1220. The Morgan fingerprint density at radius 2 is 1.81 bits per heavy atom. The number of carbonyl (C=O) groups excluding carboxylic acids is 3. The molecule has 1 aliphatic carbocycles. The molecule has 0 aliphatic heterocycles. The standard InChI is InChI=1S/C26H31Cl2FN4O4.C5H12/c1-14(20-4-3-5-21(28)23(20)29)24(31-12-16-6-7-17(27)10-22(16)32-13-34)25(35)33-18-8-9-19(11-18)37-26(36)15(2)30;1-5(2,3)4/h3-7,10,13-15,18-19,24,31H,8-9,11-12,30H2,1-2H3,(H,32,34)(H,33,35);1-4H3/t14?,15?,18-,19?,24+;/m0./s1. The van der Waals surface area contributed by atoms with E-state index >= 15 is 0 Å². The van der Waals surface area contributed by atoms with E-state index in [4.69, 9.17) is 33.7 Å². The van der Waals surface area contributed by atoms with Crippen LogP contribution in [0.4, 0.5) is 10.1 Å². The summed E-state index contributed by atoms with van der Waals surface area (Å²) in [5.41, 5.74) is 7.55. The molecular weight excluding hydrogens is 582 g/mol. The van der Waals surface area contributed by atoms with Crippen LogP contribution in [-0.2, 0) is 25.7 Å². The minimum Gasteiger partial charge on any atom is -0.461 e. The lowest BCUT2D eigenvalue weighted by atomic mass is 9.91. The molecule has 1 aliphatic rings. The molecule has 0 bridgehead atoms. The highest BCUT2D eigenvalue weighted by Gasteiger charge is 2.34. The first kappa shape index (κ1) is 35.5. The fourth-order valence-electron chi connectivity index (χ4n) is 4.41. The van der Waals surface area contributed by atoms with E-state index < -0.39 is 29.8 Å². The molecule has 3 rings (SSSR count). The highest BCUT2D eigenvalue weighted by atomic mass is 35.5. The quantitative estimate of drug-likeness (QED) is 0.181. The van der Waals surface area contributed by atoms with Crippen LogP contribution in [0.15, 0.2) is 36.4 Å². The Labute approximate surface area is 258 Å². The molecule has 5 N–H and O–H groups in total. The molecule has 2 amide bonds. The van der Waals surface area contributed by atoms with E-state index in [0.717, 1.165) is 0 Å². The number of anilines is 1. The van der Waals surface area contributed by atoms with Crippen molar-refractivity contribution in [3.8, 4) is 0 Å². The summed E-state index contributed by atoms with van der Waals surface area (Å²) in [7, 11) is 0. The third-order valence-corrected chi connectivity index (χ3v) is 6.97. The van der Waals surface area contributed by atoms with Crippen molar-refractivity contribution in [3.05, 3.63) is 63.4 Å². The van der Waals surface area contributed by atoms with Crippen LogP contribution in [0.1, 0.15) is 77.8 Å². The molecule has 1 saturated carbocycles. The maximum Gasteiger partial charge on any atom is 0.322 e. The maximum absolute atomic E-state index is 14.9. The van der Waals surface area contributed by atoms with Crippen LogP contribution in [0.2, 0.25) is 10.0 Å². The van der Waals surface area contributed by atoms with Crippen LogP contribution in [-0.4, -0.2) is 42.5 Å². The largest absolute Gasteiger partial charge is 0.461 e.